The fourth-order valence-electron chi connectivity index (χ4n) is 2.89. The number of nitrogens with zero attached hydrogens (tertiary/aromatic N) is 4. The number of amides is 1. The van der Waals surface area contributed by atoms with Gasteiger partial charge in [0.15, 0.2) is 0 Å². The van der Waals surface area contributed by atoms with Gasteiger partial charge in [-0.1, -0.05) is 0 Å². The number of hydrogen-bond donors (Lipinski definition) is 1. The van der Waals surface area contributed by atoms with Crippen molar-refractivity contribution in [1.29, 1.82) is 0 Å². The van der Waals surface area contributed by atoms with Gasteiger partial charge in [0.2, 0.25) is 5.82 Å². The normalized spacial score (nSPS) is 20.6. The van der Waals surface area contributed by atoms with Crippen molar-refractivity contribution in [2.24, 2.45) is 5.92 Å². The van der Waals surface area contributed by atoms with Gasteiger partial charge in [0.05, 0.1) is 0 Å². The Balaban J connectivity index is 1.55. The molecule has 6 nitrogen and oxygen atoms in total. The molecule has 1 aromatic rings. The standard InChI is InChI=1S/C14H23N5O/c1-18(2)9-10-5-7-19(8-6-10)14(20)13-15-12(16-17-13)11-3-4-11/h10-11H,3-9H2,1-2H3,(H,15,16,17). The van der Waals surface area contributed by atoms with Crippen molar-refractivity contribution in [3.05, 3.63) is 11.6 Å². The summed E-state index contributed by atoms with van der Waals surface area (Å²) in [6.45, 7) is 2.75. The minimum atomic E-state index is -0.0172. The summed E-state index contributed by atoms with van der Waals surface area (Å²) in [5.41, 5.74) is 0. The van der Waals surface area contributed by atoms with Crippen molar-refractivity contribution in [2.75, 3.05) is 33.7 Å². The van der Waals surface area contributed by atoms with E-state index in [1.165, 1.54) is 12.8 Å². The van der Waals surface area contributed by atoms with Gasteiger partial charge in [-0.25, -0.2) is 4.98 Å². The zero-order valence-electron chi connectivity index (χ0n) is 12.3. The first-order valence-corrected chi connectivity index (χ1v) is 7.50. The van der Waals surface area contributed by atoms with Crippen LogP contribution in [-0.4, -0.2) is 64.6 Å². The minimum absolute atomic E-state index is 0.0172. The molecule has 0 bridgehead atoms. The third-order valence-corrected chi connectivity index (χ3v) is 4.18. The van der Waals surface area contributed by atoms with Gasteiger partial charge in [-0.2, -0.15) is 0 Å². The number of rotatable bonds is 4. The summed E-state index contributed by atoms with van der Waals surface area (Å²) in [5, 5.41) is 6.99. The molecule has 2 fully saturated rings. The quantitative estimate of drug-likeness (QED) is 0.895. The molecule has 1 aliphatic heterocycles. The third kappa shape index (κ3) is 3.00. The molecule has 1 aromatic heterocycles. The van der Waals surface area contributed by atoms with Gasteiger partial charge in [-0.05, 0) is 45.7 Å². The largest absolute Gasteiger partial charge is 0.336 e. The van der Waals surface area contributed by atoms with E-state index in [1.807, 2.05) is 4.90 Å². The Hall–Kier alpha value is -1.43. The molecule has 3 rings (SSSR count). The molecule has 0 aromatic carbocycles. The van der Waals surface area contributed by atoms with E-state index in [0.29, 0.717) is 17.7 Å². The molecule has 20 heavy (non-hydrogen) atoms. The van der Waals surface area contributed by atoms with Crippen LogP contribution < -0.4 is 0 Å². The van der Waals surface area contributed by atoms with Crippen LogP contribution in [0.4, 0.5) is 0 Å². The lowest BCUT2D eigenvalue weighted by Crippen LogP contribution is -2.41. The van der Waals surface area contributed by atoms with Crippen LogP contribution in [0.15, 0.2) is 0 Å². The highest BCUT2D eigenvalue weighted by Gasteiger charge is 2.30. The first kappa shape index (κ1) is 13.5. The molecule has 1 N–H and O–H groups in total. The Morgan fingerprint density at radius 3 is 2.60 bits per heavy atom. The molecule has 1 amide bonds. The van der Waals surface area contributed by atoms with Crippen LogP contribution >= 0.6 is 0 Å². The lowest BCUT2D eigenvalue weighted by Gasteiger charge is -2.32. The molecule has 1 saturated carbocycles. The van der Waals surface area contributed by atoms with E-state index in [4.69, 9.17) is 0 Å². The maximum atomic E-state index is 12.4. The van der Waals surface area contributed by atoms with Crippen LogP contribution in [0, 0.1) is 5.92 Å². The average Bonchev–Trinajstić information content (AvgIpc) is 3.16. The van der Waals surface area contributed by atoms with Crippen LogP contribution in [0.2, 0.25) is 0 Å². The summed E-state index contributed by atoms with van der Waals surface area (Å²) in [6.07, 6.45) is 4.48. The lowest BCUT2D eigenvalue weighted by molar-refractivity contribution is 0.0666. The van der Waals surface area contributed by atoms with Gasteiger partial charge in [0.25, 0.3) is 5.91 Å². The molecule has 110 valence electrons. The number of aromatic amines is 1. The van der Waals surface area contributed by atoms with Gasteiger partial charge in [-0.15, -0.1) is 5.10 Å². The van der Waals surface area contributed by atoms with E-state index in [9.17, 15) is 4.79 Å². The smallest absolute Gasteiger partial charge is 0.293 e. The molecule has 6 heteroatoms. The highest BCUT2D eigenvalue weighted by molar-refractivity contribution is 5.90. The Kier molecular flexibility index (Phi) is 3.74. The van der Waals surface area contributed by atoms with Crippen LogP contribution in [0.5, 0.6) is 0 Å². The van der Waals surface area contributed by atoms with E-state index < -0.39 is 0 Å². The SMILES string of the molecule is CN(C)CC1CCN(C(=O)c2n[nH]c(C3CC3)n2)CC1. The Morgan fingerprint density at radius 2 is 2.00 bits per heavy atom. The number of likely N-dealkylation sites (tertiary alicyclic amines) is 1. The number of hydrogen-bond acceptors (Lipinski definition) is 4. The second kappa shape index (κ2) is 5.52. The van der Waals surface area contributed by atoms with Gasteiger partial charge in [-0.3, -0.25) is 9.89 Å². The Labute approximate surface area is 119 Å². The summed E-state index contributed by atoms with van der Waals surface area (Å²) in [5.74, 6) is 2.42. The van der Waals surface area contributed by atoms with E-state index in [1.54, 1.807) is 0 Å². The van der Waals surface area contributed by atoms with E-state index in [0.717, 1.165) is 38.3 Å². The molecule has 0 atom stereocenters. The highest BCUT2D eigenvalue weighted by Crippen LogP contribution is 2.37. The molecular formula is C14H23N5O. The number of carbonyl (C=O) groups is 1. The van der Waals surface area contributed by atoms with Gasteiger partial charge < -0.3 is 9.80 Å². The first-order valence-electron chi connectivity index (χ1n) is 7.50. The molecule has 1 saturated heterocycles. The molecule has 1 aliphatic carbocycles. The van der Waals surface area contributed by atoms with E-state index in [-0.39, 0.29) is 5.91 Å². The van der Waals surface area contributed by atoms with Crippen LogP contribution in [-0.2, 0) is 0 Å². The van der Waals surface area contributed by atoms with Crippen molar-refractivity contribution in [3.63, 3.8) is 0 Å². The van der Waals surface area contributed by atoms with Crippen LogP contribution in [0.1, 0.15) is 48.0 Å². The van der Waals surface area contributed by atoms with Crippen molar-refractivity contribution in [1.82, 2.24) is 25.0 Å². The van der Waals surface area contributed by atoms with Crippen molar-refractivity contribution in [3.8, 4) is 0 Å². The van der Waals surface area contributed by atoms with Crippen LogP contribution in [0.25, 0.3) is 0 Å². The zero-order chi connectivity index (χ0) is 14.1. The van der Waals surface area contributed by atoms with Gasteiger partial charge in [0, 0.05) is 25.6 Å². The lowest BCUT2D eigenvalue weighted by atomic mass is 9.96. The summed E-state index contributed by atoms with van der Waals surface area (Å²) in [4.78, 5) is 20.8. The Morgan fingerprint density at radius 1 is 1.30 bits per heavy atom. The van der Waals surface area contributed by atoms with Crippen molar-refractivity contribution < 1.29 is 4.79 Å². The number of carbonyl (C=O) groups excluding carboxylic acids is 1. The molecule has 0 unspecified atom stereocenters. The number of aromatic nitrogens is 3. The second-order valence-electron chi connectivity index (χ2n) is 6.32. The average molecular weight is 277 g/mol. The maximum absolute atomic E-state index is 12.4. The highest BCUT2D eigenvalue weighted by atomic mass is 16.2. The summed E-state index contributed by atoms with van der Waals surface area (Å²) in [7, 11) is 4.20. The predicted molar refractivity (Wildman–Crippen MR) is 75.5 cm³/mol. The van der Waals surface area contributed by atoms with E-state index >= 15 is 0 Å². The van der Waals surface area contributed by atoms with Crippen molar-refractivity contribution in [2.45, 2.75) is 31.6 Å². The van der Waals surface area contributed by atoms with Crippen LogP contribution in [0.3, 0.4) is 0 Å². The third-order valence-electron chi connectivity index (χ3n) is 4.18. The topological polar surface area (TPSA) is 65.1 Å². The van der Waals surface area contributed by atoms with Gasteiger partial charge >= 0.3 is 0 Å². The maximum Gasteiger partial charge on any atom is 0.293 e. The summed E-state index contributed by atoms with van der Waals surface area (Å²) < 4.78 is 0. The minimum Gasteiger partial charge on any atom is -0.336 e. The summed E-state index contributed by atoms with van der Waals surface area (Å²) >= 11 is 0. The monoisotopic (exact) mass is 277 g/mol. The number of nitrogens with one attached hydrogen (secondary N) is 1. The molecular weight excluding hydrogens is 254 g/mol. The molecule has 2 heterocycles. The Bertz CT molecular complexity index is 472. The fraction of sp³-hybridized carbons (Fsp3) is 0.786. The van der Waals surface area contributed by atoms with E-state index in [2.05, 4.69) is 34.2 Å². The number of H-pyrrole nitrogens is 1. The fourth-order valence-corrected chi connectivity index (χ4v) is 2.89. The molecule has 0 radical (unpaired) electrons. The summed E-state index contributed by atoms with van der Waals surface area (Å²) in [6, 6.07) is 0. The first-order chi connectivity index (χ1) is 9.63. The predicted octanol–water partition coefficient (Wildman–Crippen LogP) is 1.10. The number of piperidine rings is 1. The van der Waals surface area contributed by atoms with Crippen molar-refractivity contribution >= 4 is 5.91 Å². The zero-order valence-corrected chi connectivity index (χ0v) is 12.3. The molecule has 2 aliphatic rings. The molecule has 0 spiro atoms. The second-order valence-corrected chi connectivity index (χ2v) is 6.32. The van der Waals surface area contributed by atoms with Gasteiger partial charge in [0.1, 0.15) is 5.82 Å².